The van der Waals surface area contributed by atoms with Crippen molar-refractivity contribution in [3.63, 3.8) is 0 Å². The summed E-state index contributed by atoms with van der Waals surface area (Å²) >= 11 is 0. The van der Waals surface area contributed by atoms with Gasteiger partial charge in [-0.1, -0.05) is 45.0 Å². The van der Waals surface area contributed by atoms with Gasteiger partial charge in [0.1, 0.15) is 17.3 Å². The Labute approximate surface area is 143 Å². The van der Waals surface area contributed by atoms with Crippen molar-refractivity contribution >= 4 is 17.4 Å². The highest BCUT2D eigenvalue weighted by molar-refractivity contribution is 5.93. The van der Waals surface area contributed by atoms with Gasteiger partial charge in [-0.3, -0.25) is 4.79 Å². The number of rotatable bonds is 5. The molecule has 5 heteroatoms. The Bertz CT molecular complexity index is 747. The molecule has 126 valence electrons. The van der Waals surface area contributed by atoms with Gasteiger partial charge in [-0.05, 0) is 24.0 Å². The molecule has 2 rings (SSSR count). The molecule has 0 bridgehead atoms. The zero-order chi connectivity index (χ0) is 17.7. The van der Waals surface area contributed by atoms with Crippen LogP contribution in [0.3, 0.4) is 0 Å². The van der Waals surface area contributed by atoms with Crippen LogP contribution in [0.15, 0.2) is 43.0 Å². The van der Waals surface area contributed by atoms with Crippen LogP contribution in [0.25, 0.3) is 0 Å². The predicted octanol–water partition coefficient (Wildman–Crippen LogP) is 3.74. The van der Waals surface area contributed by atoms with Crippen molar-refractivity contribution in [1.82, 2.24) is 15.3 Å². The zero-order valence-corrected chi connectivity index (χ0v) is 14.7. The number of nitrogens with zero attached hydrogens (tertiary/aromatic N) is 2. The number of hydrogen-bond acceptors (Lipinski definition) is 4. The fourth-order valence-corrected chi connectivity index (χ4v) is 2.39. The number of hydrogen-bond donors (Lipinski definition) is 2. The Morgan fingerprint density at radius 3 is 2.62 bits per heavy atom. The molecule has 0 saturated heterocycles. The average Bonchev–Trinajstić information content (AvgIpc) is 2.51. The summed E-state index contributed by atoms with van der Waals surface area (Å²) in [6.45, 7) is 12.2. The molecule has 0 unspecified atom stereocenters. The maximum atomic E-state index is 12.1. The van der Waals surface area contributed by atoms with Crippen molar-refractivity contribution in [3.05, 3.63) is 60.1 Å². The van der Waals surface area contributed by atoms with Crippen LogP contribution in [0.4, 0.5) is 11.5 Å². The molecule has 5 nitrogen and oxygen atoms in total. The van der Waals surface area contributed by atoms with Crippen LogP contribution in [0.5, 0.6) is 0 Å². The van der Waals surface area contributed by atoms with E-state index in [9.17, 15) is 4.79 Å². The Hall–Kier alpha value is -2.69. The highest BCUT2D eigenvalue weighted by atomic mass is 16.1. The second-order valence-corrected chi connectivity index (χ2v) is 6.60. The van der Waals surface area contributed by atoms with Crippen molar-refractivity contribution in [2.24, 2.45) is 0 Å². The number of amides is 1. The van der Waals surface area contributed by atoms with Crippen LogP contribution in [0, 0.1) is 6.92 Å². The normalized spacial score (nSPS) is 11.0. The number of aryl methyl sites for hydroxylation is 1. The summed E-state index contributed by atoms with van der Waals surface area (Å²) in [5.74, 6) is 0.896. The fraction of sp³-hybridized carbons (Fsp3) is 0.316. The van der Waals surface area contributed by atoms with Gasteiger partial charge in [0.25, 0.3) is 5.91 Å². The zero-order valence-electron chi connectivity index (χ0n) is 14.7. The fourth-order valence-electron chi connectivity index (χ4n) is 2.39. The Balaban J connectivity index is 2.33. The molecule has 0 saturated carbocycles. The first-order valence-corrected chi connectivity index (χ1v) is 7.92. The number of para-hydroxylation sites is 1. The summed E-state index contributed by atoms with van der Waals surface area (Å²) in [6.07, 6.45) is 1.63. The summed E-state index contributed by atoms with van der Waals surface area (Å²) in [6, 6.07) is 9.75. The highest BCUT2D eigenvalue weighted by Gasteiger charge is 2.18. The smallest absolute Gasteiger partial charge is 0.270 e. The SMILES string of the molecule is C=CCNC(=O)c1cc(Nc2ccccc2C(C)(C)C)nc(C)n1. The molecule has 24 heavy (non-hydrogen) atoms. The van der Waals surface area contributed by atoms with Crippen molar-refractivity contribution in [1.29, 1.82) is 0 Å². The van der Waals surface area contributed by atoms with Gasteiger partial charge in [0.2, 0.25) is 0 Å². The van der Waals surface area contributed by atoms with E-state index in [2.05, 4.69) is 54.0 Å². The molecule has 0 aliphatic rings. The third-order valence-electron chi connectivity index (χ3n) is 3.48. The number of nitrogens with one attached hydrogen (secondary N) is 2. The largest absolute Gasteiger partial charge is 0.347 e. The summed E-state index contributed by atoms with van der Waals surface area (Å²) in [4.78, 5) is 20.7. The van der Waals surface area contributed by atoms with Crippen LogP contribution < -0.4 is 10.6 Å². The van der Waals surface area contributed by atoms with Crippen molar-refractivity contribution < 1.29 is 4.79 Å². The summed E-state index contributed by atoms with van der Waals surface area (Å²) in [5.41, 5.74) is 2.48. The third kappa shape index (κ3) is 4.41. The highest BCUT2D eigenvalue weighted by Crippen LogP contribution is 2.30. The quantitative estimate of drug-likeness (QED) is 0.822. The molecule has 0 aliphatic carbocycles. The van der Waals surface area contributed by atoms with Gasteiger partial charge >= 0.3 is 0 Å². The second-order valence-electron chi connectivity index (χ2n) is 6.60. The first kappa shape index (κ1) is 17.7. The maximum Gasteiger partial charge on any atom is 0.270 e. The van der Waals surface area contributed by atoms with E-state index < -0.39 is 0 Å². The van der Waals surface area contributed by atoms with Crippen LogP contribution >= 0.6 is 0 Å². The molecule has 1 aromatic carbocycles. The monoisotopic (exact) mass is 324 g/mol. The van der Waals surface area contributed by atoms with E-state index in [0.29, 0.717) is 23.9 Å². The lowest BCUT2D eigenvalue weighted by molar-refractivity contribution is 0.0952. The van der Waals surface area contributed by atoms with Gasteiger partial charge in [-0.25, -0.2) is 9.97 Å². The van der Waals surface area contributed by atoms with Crippen molar-refractivity contribution in [2.75, 3.05) is 11.9 Å². The minimum Gasteiger partial charge on any atom is -0.347 e. The van der Waals surface area contributed by atoms with E-state index in [-0.39, 0.29) is 11.3 Å². The molecular weight excluding hydrogens is 300 g/mol. The standard InChI is InChI=1S/C19H24N4O/c1-6-11-20-18(24)16-12-17(22-13(2)21-16)23-15-10-8-7-9-14(15)19(3,4)5/h6-10,12H,1,11H2,2-5H3,(H,20,24)(H,21,22,23). The van der Waals surface area contributed by atoms with Crippen molar-refractivity contribution in [3.8, 4) is 0 Å². The second kappa shape index (κ2) is 7.25. The first-order chi connectivity index (χ1) is 11.3. The van der Waals surface area contributed by atoms with Gasteiger partial charge in [0.05, 0.1) is 0 Å². The Morgan fingerprint density at radius 1 is 1.25 bits per heavy atom. The van der Waals surface area contributed by atoms with E-state index in [1.165, 1.54) is 5.56 Å². The van der Waals surface area contributed by atoms with Gasteiger partial charge < -0.3 is 10.6 Å². The molecule has 0 atom stereocenters. The number of anilines is 2. The number of carbonyl (C=O) groups is 1. The van der Waals surface area contributed by atoms with Crippen LogP contribution in [-0.2, 0) is 5.41 Å². The molecule has 1 heterocycles. The van der Waals surface area contributed by atoms with Gasteiger partial charge in [0.15, 0.2) is 0 Å². The molecule has 1 amide bonds. The molecule has 0 radical (unpaired) electrons. The molecule has 2 N–H and O–H groups in total. The Morgan fingerprint density at radius 2 is 1.96 bits per heavy atom. The van der Waals surface area contributed by atoms with Crippen LogP contribution in [0.2, 0.25) is 0 Å². The Kier molecular flexibility index (Phi) is 5.34. The minimum absolute atomic E-state index is 0.00413. The topological polar surface area (TPSA) is 66.9 Å². The molecule has 1 aromatic heterocycles. The molecular formula is C19H24N4O. The van der Waals surface area contributed by atoms with E-state index >= 15 is 0 Å². The van der Waals surface area contributed by atoms with Gasteiger partial charge in [-0.15, -0.1) is 6.58 Å². The lowest BCUT2D eigenvalue weighted by atomic mass is 9.86. The number of aromatic nitrogens is 2. The minimum atomic E-state index is -0.243. The van der Waals surface area contributed by atoms with E-state index in [1.54, 1.807) is 19.1 Å². The lowest BCUT2D eigenvalue weighted by Gasteiger charge is -2.23. The molecule has 0 aliphatic heterocycles. The molecule has 0 spiro atoms. The van der Waals surface area contributed by atoms with Crippen LogP contribution in [-0.4, -0.2) is 22.4 Å². The molecule has 2 aromatic rings. The lowest BCUT2D eigenvalue weighted by Crippen LogP contribution is -2.24. The van der Waals surface area contributed by atoms with Gasteiger partial charge in [0, 0.05) is 18.3 Å². The summed E-state index contributed by atoms with van der Waals surface area (Å²) in [5, 5.41) is 6.05. The van der Waals surface area contributed by atoms with Crippen molar-refractivity contribution in [2.45, 2.75) is 33.1 Å². The first-order valence-electron chi connectivity index (χ1n) is 7.92. The van der Waals surface area contributed by atoms with Gasteiger partial charge in [-0.2, -0.15) is 0 Å². The predicted molar refractivity (Wildman–Crippen MR) is 97.7 cm³/mol. The number of benzene rings is 1. The summed E-state index contributed by atoms with van der Waals surface area (Å²) < 4.78 is 0. The molecule has 0 fully saturated rings. The van der Waals surface area contributed by atoms with Crippen LogP contribution in [0.1, 0.15) is 42.6 Å². The number of carbonyl (C=O) groups excluding carboxylic acids is 1. The van der Waals surface area contributed by atoms with E-state index in [4.69, 9.17) is 0 Å². The third-order valence-corrected chi connectivity index (χ3v) is 3.48. The maximum absolute atomic E-state index is 12.1. The van der Waals surface area contributed by atoms with E-state index in [0.717, 1.165) is 5.69 Å². The van der Waals surface area contributed by atoms with E-state index in [1.807, 2.05) is 18.2 Å². The average molecular weight is 324 g/mol. The summed E-state index contributed by atoms with van der Waals surface area (Å²) in [7, 11) is 0.